The molecule has 0 N–H and O–H groups in total. The smallest absolute Gasteiger partial charge is 0.197 e. The SMILES string of the molecule is Cc1c(C)c(C)c2c(c(C)nn2-c2nc(-n3nc(C)c4c(C)c(C)c(C)c(C)c43)nc(-n3nc(C)c4c(C)c(C)c(C)c(C)c43)n2)c1C. The number of nitrogens with zero attached hydrogens (tertiary/aromatic N) is 9. The minimum atomic E-state index is 0.429. The van der Waals surface area contributed by atoms with Gasteiger partial charge in [0.15, 0.2) is 0 Å². The van der Waals surface area contributed by atoms with E-state index in [0.717, 1.165) is 66.5 Å². The summed E-state index contributed by atoms with van der Waals surface area (Å²) in [5.41, 5.74) is 20.6. The molecule has 9 heteroatoms. The number of rotatable bonds is 3. The number of fused-ring (bicyclic) bond motifs is 3. The average Bonchev–Trinajstić information content (AvgIpc) is 3.72. The van der Waals surface area contributed by atoms with E-state index in [1.165, 1.54) is 50.1 Å². The van der Waals surface area contributed by atoms with Crippen LogP contribution in [-0.4, -0.2) is 44.3 Å². The van der Waals surface area contributed by atoms with Crippen LogP contribution in [0.5, 0.6) is 0 Å². The summed E-state index contributed by atoms with van der Waals surface area (Å²) in [5.74, 6) is 1.29. The van der Waals surface area contributed by atoms with Crippen LogP contribution in [0.2, 0.25) is 0 Å². The number of aromatic nitrogens is 9. The van der Waals surface area contributed by atoms with Gasteiger partial charge in [0.25, 0.3) is 17.8 Å². The fourth-order valence-corrected chi connectivity index (χ4v) is 7.81. The first-order valence-electron chi connectivity index (χ1n) is 16.7. The lowest BCUT2D eigenvalue weighted by molar-refractivity contribution is 0.718. The molecule has 0 spiro atoms. The molecule has 9 nitrogen and oxygen atoms in total. The second kappa shape index (κ2) is 10.5. The first-order chi connectivity index (χ1) is 22.6. The normalized spacial score (nSPS) is 12.1. The van der Waals surface area contributed by atoms with Crippen LogP contribution >= 0.6 is 0 Å². The second-order valence-corrected chi connectivity index (χ2v) is 13.9. The first-order valence-corrected chi connectivity index (χ1v) is 16.7. The van der Waals surface area contributed by atoms with Crippen molar-refractivity contribution in [1.29, 1.82) is 0 Å². The Morgan fingerprint density at radius 2 is 0.479 bits per heavy atom. The number of hydrogen-bond acceptors (Lipinski definition) is 6. The van der Waals surface area contributed by atoms with Crippen LogP contribution in [-0.2, 0) is 0 Å². The maximum absolute atomic E-state index is 5.17. The number of hydrogen-bond donors (Lipinski definition) is 0. The molecule has 0 amide bonds. The van der Waals surface area contributed by atoms with Crippen LogP contribution in [0, 0.1) is 104 Å². The molecular weight excluding hydrogens is 594 g/mol. The van der Waals surface area contributed by atoms with Crippen LogP contribution in [0.1, 0.15) is 83.8 Å². The van der Waals surface area contributed by atoms with Crippen LogP contribution in [0.25, 0.3) is 50.6 Å². The van der Waals surface area contributed by atoms with Crippen molar-refractivity contribution < 1.29 is 0 Å². The monoisotopic (exact) mass is 639 g/mol. The van der Waals surface area contributed by atoms with Crippen molar-refractivity contribution in [3.8, 4) is 17.8 Å². The van der Waals surface area contributed by atoms with Gasteiger partial charge in [-0.2, -0.15) is 44.3 Å². The van der Waals surface area contributed by atoms with Gasteiger partial charge in [-0.25, -0.2) is 0 Å². The summed E-state index contributed by atoms with van der Waals surface area (Å²) in [5, 5.41) is 18.7. The van der Waals surface area contributed by atoms with E-state index in [1.807, 2.05) is 14.0 Å². The van der Waals surface area contributed by atoms with Gasteiger partial charge >= 0.3 is 0 Å². The average molecular weight is 640 g/mol. The zero-order valence-corrected chi connectivity index (χ0v) is 31.0. The Morgan fingerprint density at radius 3 is 0.708 bits per heavy atom. The molecule has 3 aromatic carbocycles. The van der Waals surface area contributed by atoms with Crippen LogP contribution in [0.4, 0.5) is 0 Å². The molecule has 0 aliphatic carbocycles. The molecule has 0 aliphatic heterocycles. The van der Waals surface area contributed by atoms with Gasteiger partial charge in [0, 0.05) is 16.2 Å². The van der Waals surface area contributed by atoms with Crippen molar-refractivity contribution in [2.24, 2.45) is 0 Å². The van der Waals surface area contributed by atoms with Crippen molar-refractivity contribution in [3.05, 3.63) is 83.8 Å². The van der Waals surface area contributed by atoms with Crippen molar-refractivity contribution >= 4 is 32.7 Å². The van der Waals surface area contributed by atoms with Gasteiger partial charge in [-0.15, -0.1) is 0 Å². The zero-order chi connectivity index (χ0) is 34.8. The molecular formula is C39H45N9. The summed E-state index contributed by atoms with van der Waals surface area (Å²) in [4.78, 5) is 15.5. The highest BCUT2D eigenvalue weighted by Gasteiger charge is 2.26. The molecule has 7 aromatic rings. The van der Waals surface area contributed by atoms with E-state index in [-0.39, 0.29) is 0 Å². The van der Waals surface area contributed by atoms with E-state index in [2.05, 4.69) is 104 Å². The van der Waals surface area contributed by atoms with Crippen LogP contribution in [0.3, 0.4) is 0 Å². The Labute approximate surface area is 282 Å². The third-order valence-electron chi connectivity index (χ3n) is 11.6. The summed E-state index contributed by atoms with van der Waals surface area (Å²) in [6.45, 7) is 32.3. The van der Waals surface area contributed by atoms with E-state index in [1.54, 1.807) is 0 Å². The van der Waals surface area contributed by atoms with E-state index < -0.39 is 0 Å². The predicted molar refractivity (Wildman–Crippen MR) is 195 cm³/mol. The van der Waals surface area contributed by atoms with Crippen LogP contribution in [0.15, 0.2) is 0 Å². The molecule has 0 fully saturated rings. The Hall–Kier alpha value is -4.92. The molecule has 7 rings (SSSR count). The molecule has 246 valence electrons. The maximum atomic E-state index is 5.17. The van der Waals surface area contributed by atoms with Gasteiger partial charge < -0.3 is 0 Å². The van der Waals surface area contributed by atoms with E-state index in [0.29, 0.717) is 17.8 Å². The highest BCUT2D eigenvalue weighted by atomic mass is 15.5. The van der Waals surface area contributed by atoms with Crippen LogP contribution < -0.4 is 0 Å². The predicted octanol–water partition coefficient (Wildman–Crippen LogP) is 8.51. The molecule has 0 atom stereocenters. The lowest BCUT2D eigenvalue weighted by Crippen LogP contribution is -2.16. The minimum absolute atomic E-state index is 0.429. The van der Waals surface area contributed by atoms with E-state index in [4.69, 9.17) is 30.2 Å². The minimum Gasteiger partial charge on any atom is -0.197 e. The van der Waals surface area contributed by atoms with Crippen molar-refractivity contribution in [3.63, 3.8) is 0 Å². The Bertz CT molecular complexity index is 2260. The summed E-state index contributed by atoms with van der Waals surface area (Å²) in [6, 6.07) is 0. The van der Waals surface area contributed by atoms with Gasteiger partial charge in [-0.05, 0) is 171 Å². The summed E-state index contributed by atoms with van der Waals surface area (Å²) in [7, 11) is 0. The van der Waals surface area contributed by atoms with Crippen molar-refractivity contribution in [2.75, 3.05) is 0 Å². The quantitative estimate of drug-likeness (QED) is 0.192. The zero-order valence-electron chi connectivity index (χ0n) is 31.0. The van der Waals surface area contributed by atoms with Gasteiger partial charge in [0.2, 0.25) is 0 Å². The van der Waals surface area contributed by atoms with Gasteiger partial charge in [0.1, 0.15) is 0 Å². The van der Waals surface area contributed by atoms with Gasteiger partial charge in [-0.3, -0.25) is 0 Å². The summed E-state index contributed by atoms with van der Waals surface area (Å²) >= 11 is 0. The molecule has 0 unspecified atom stereocenters. The second-order valence-electron chi connectivity index (χ2n) is 13.9. The lowest BCUT2D eigenvalue weighted by Gasteiger charge is -2.15. The molecule has 0 saturated heterocycles. The van der Waals surface area contributed by atoms with Gasteiger partial charge in [-0.1, -0.05) is 0 Å². The molecule has 4 heterocycles. The Morgan fingerprint density at radius 1 is 0.271 bits per heavy atom. The van der Waals surface area contributed by atoms with Crippen molar-refractivity contribution in [1.82, 2.24) is 44.3 Å². The molecule has 0 aliphatic rings. The number of benzene rings is 3. The highest BCUT2D eigenvalue weighted by molar-refractivity contribution is 5.93. The summed E-state index contributed by atoms with van der Waals surface area (Å²) < 4.78 is 5.69. The van der Waals surface area contributed by atoms with Crippen molar-refractivity contribution in [2.45, 2.75) is 104 Å². The highest BCUT2D eigenvalue weighted by Crippen LogP contribution is 2.36. The first kappa shape index (κ1) is 31.7. The third-order valence-corrected chi connectivity index (χ3v) is 11.6. The maximum Gasteiger partial charge on any atom is 0.257 e. The fourth-order valence-electron chi connectivity index (χ4n) is 7.81. The number of aryl methyl sites for hydroxylation is 9. The molecule has 0 saturated carbocycles. The lowest BCUT2D eigenvalue weighted by atomic mass is 9.94. The molecule has 4 aromatic heterocycles. The standard InChI is InChI=1S/C39H45N9/c1-16-19(4)25(10)34-31(22(16)7)28(13)43-46(34)37-40-38(47-35-26(11)20(5)17(2)23(8)32(35)29(14)44-47)42-39(41-37)48-36-27(12)21(6)18(3)24(9)33(36)30(15)45-48/h1-15H3. The van der Waals surface area contributed by atoms with E-state index in [9.17, 15) is 0 Å². The topological polar surface area (TPSA) is 92.1 Å². The third kappa shape index (κ3) is 4.09. The summed E-state index contributed by atoms with van der Waals surface area (Å²) in [6.07, 6.45) is 0. The molecule has 48 heavy (non-hydrogen) atoms. The Kier molecular flexibility index (Phi) is 6.95. The van der Waals surface area contributed by atoms with Gasteiger partial charge in [0.05, 0.1) is 33.6 Å². The van der Waals surface area contributed by atoms with E-state index >= 15 is 0 Å². The molecule has 0 radical (unpaired) electrons. The fraction of sp³-hybridized carbons (Fsp3) is 0.385. The Balaban J connectivity index is 1.65. The molecule has 0 bridgehead atoms. The largest absolute Gasteiger partial charge is 0.257 e.